The van der Waals surface area contributed by atoms with Crippen LogP contribution >= 0.6 is 23.2 Å². The molecule has 4 aliphatic rings. The lowest BCUT2D eigenvalue weighted by molar-refractivity contribution is 0.0568. The number of benzene rings is 10. The minimum atomic E-state index is -5.33. The van der Waals surface area contributed by atoms with E-state index in [4.69, 9.17) is 80.8 Å². The summed E-state index contributed by atoms with van der Waals surface area (Å²) in [5.41, 5.74) is 5.54. The first-order valence-electron chi connectivity index (χ1n) is 30.1. The predicted octanol–water partition coefficient (Wildman–Crippen LogP) is 7.56. The maximum atomic E-state index is 8.67. The fourth-order valence-corrected chi connectivity index (χ4v) is 65.4. The summed E-state index contributed by atoms with van der Waals surface area (Å²) in [5.74, 6) is 0. The van der Waals surface area contributed by atoms with Gasteiger partial charge in [-0.25, -0.2) is 0 Å². The van der Waals surface area contributed by atoms with Crippen molar-refractivity contribution >= 4 is 175 Å². The Morgan fingerprint density at radius 3 is 0.903 bits per heavy atom. The Hall–Kier alpha value is -5.91. The van der Waals surface area contributed by atoms with E-state index in [1.807, 2.05) is 328 Å². The summed E-state index contributed by atoms with van der Waals surface area (Å²) in [6.07, 6.45) is 3.93. The van der Waals surface area contributed by atoms with Crippen LogP contribution in [0.3, 0.4) is 0 Å². The molecule has 14 nitrogen and oxygen atoms in total. The summed E-state index contributed by atoms with van der Waals surface area (Å²) in [5, 5.41) is 5.40. The summed E-state index contributed by atoms with van der Waals surface area (Å²) in [6, 6.07) is 92.6. The van der Waals surface area contributed by atoms with Gasteiger partial charge in [-0.2, -0.15) is 0 Å². The highest BCUT2D eigenvalue weighted by molar-refractivity contribution is 7.10. The normalized spacial score (nSPS) is 30.6. The lowest BCUT2D eigenvalue weighted by Crippen LogP contribution is -2.89. The highest BCUT2D eigenvalue weighted by Crippen LogP contribution is 2.44. The molecule has 4 saturated heterocycles. The Morgan fingerprint density at radius 1 is 0.301 bits per heavy atom. The smallest absolute Gasteiger partial charge is 0.422 e. The molecule has 0 spiro atoms. The van der Waals surface area contributed by atoms with Gasteiger partial charge in [0.2, 0.25) is 0 Å². The molecule has 4 aliphatic heterocycles. The molecule has 10 aromatic rings. The average Bonchev–Trinajstić information content (AvgIpc) is 0.691. The predicted molar refractivity (Wildman–Crippen MR) is 385 cm³/mol. The van der Waals surface area contributed by atoms with E-state index in [0.717, 1.165) is 11.1 Å². The van der Waals surface area contributed by atoms with E-state index in [1.165, 1.54) is 0 Å². The van der Waals surface area contributed by atoms with Crippen molar-refractivity contribution in [3.8, 4) is 0 Å². The Labute approximate surface area is 565 Å². The van der Waals surface area contributed by atoms with Gasteiger partial charge in [0.05, 0.1) is 0 Å². The molecule has 93 heavy (non-hydrogen) atoms. The molecule has 10 atom stereocenters. The van der Waals surface area contributed by atoms with E-state index in [9.17, 15) is 0 Å². The fourth-order valence-electron chi connectivity index (χ4n) is 11.5. The second-order valence-corrected chi connectivity index (χ2v) is 53.8. The second-order valence-electron chi connectivity index (χ2n) is 22.6. The summed E-state index contributed by atoms with van der Waals surface area (Å²) >= 11 is 13.2. The van der Waals surface area contributed by atoms with Crippen LogP contribution in [0.15, 0.2) is 303 Å². The molecule has 27 heteroatoms. The summed E-state index contributed by atoms with van der Waals surface area (Å²) in [6.45, 7) is 3.91. The largest absolute Gasteiger partial charge is 0.515 e. The van der Waals surface area contributed by atoms with Gasteiger partial charge < -0.3 is 57.6 Å². The van der Waals surface area contributed by atoms with E-state index in [1.54, 1.807) is 0 Å². The SMILES string of the molecule is C[Si]1(C=Cc2ccc(Cl)cc2)O[Si](O[SiH3])(c2ccccc2)O[Si@]2(c3ccccc3)O[Si]3(c4ccccc4)O[SiH](c4ccccc4)O[Si]4(c5ccccc5)O[Si](c5ccccc5)(O1)O[Si@@](c1ccccc1)(O[Si](c1ccccc1)(O[Si](C)(C=Cc1ccc(Cl)cc1)O3)O4)O2. The number of rotatable bonds is 13. The summed E-state index contributed by atoms with van der Waals surface area (Å²) in [7, 11) is -48.3. The molecular weight excluding hydrogens is 1400 g/mol. The van der Waals surface area contributed by atoms with Crippen LogP contribution in [0.4, 0.5) is 0 Å². The lowest BCUT2D eigenvalue weighted by Gasteiger charge is -2.57. The molecular formula is C66H62Cl2O14Si11. The molecule has 0 aromatic heterocycles. The Bertz CT molecular complexity index is 4260. The van der Waals surface area contributed by atoms with Crippen LogP contribution in [0.5, 0.6) is 0 Å². The maximum absolute atomic E-state index is 8.67. The third-order valence-electron chi connectivity index (χ3n) is 15.9. The first-order chi connectivity index (χ1) is 45.2. The molecule has 0 amide bonds. The van der Waals surface area contributed by atoms with Crippen molar-refractivity contribution in [3.05, 3.63) is 324 Å². The third-order valence-corrected chi connectivity index (χ3v) is 58.3. The van der Waals surface area contributed by atoms with Gasteiger partial charge >= 0.3 is 88.0 Å². The molecule has 0 radical (unpaired) electrons. The lowest BCUT2D eigenvalue weighted by atomic mass is 10.2. The topological polar surface area (TPSA) is 129 Å². The third kappa shape index (κ3) is 13.2. The Morgan fingerprint density at radius 2 is 0.559 bits per heavy atom. The van der Waals surface area contributed by atoms with Gasteiger partial charge in [0.15, 0.2) is 0 Å². The van der Waals surface area contributed by atoms with Crippen molar-refractivity contribution in [2.24, 2.45) is 0 Å². The molecule has 8 unspecified atom stereocenters. The number of halogens is 2. The van der Waals surface area contributed by atoms with E-state index < -0.39 is 88.0 Å². The maximum Gasteiger partial charge on any atom is 0.515 e. The minimum Gasteiger partial charge on any atom is -0.422 e. The molecule has 4 fully saturated rings. The van der Waals surface area contributed by atoms with E-state index in [0.29, 0.717) is 51.5 Å². The molecule has 0 saturated carbocycles. The molecule has 0 aliphatic carbocycles. The van der Waals surface area contributed by atoms with E-state index in [2.05, 4.69) is 0 Å². The van der Waals surface area contributed by atoms with E-state index >= 15 is 0 Å². The molecule has 4 heterocycles. The van der Waals surface area contributed by atoms with Gasteiger partial charge in [-0.05, 0) is 65.1 Å². The van der Waals surface area contributed by atoms with Gasteiger partial charge in [0, 0.05) is 46.4 Å². The minimum absolute atomic E-state index is 0.0541. The zero-order valence-corrected chi connectivity index (χ0v) is 64.2. The average molecular weight is 1460 g/mol. The number of hydrogen-bond acceptors (Lipinski definition) is 14. The quantitative estimate of drug-likeness (QED) is 0.105. The fraction of sp³-hybridized carbons (Fsp3) is 0.0303. The molecule has 0 N–H and O–H groups in total. The second kappa shape index (κ2) is 26.6. The Balaban J connectivity index is 1.23. The number of hydrogen-bond donors (Lipinski definition) is 0. The van der Waals surface area contributed by atoms with Crippen molar-refractivity contribution in [2.45, 2.75) is 13.1 Å². The van der Waals surface area contributed by atoms with Gasteiger partial charge in [-0.1, -0.05) is 302 Å². The van der Waals surface area contributed by atoms with Crippen LogP contribution < -0.4 is 41.5 Å². The first kappa shape index (κ1) is 64.4. The molecule has 14 rings (SSSR count). The Kier molecular flexibility index (Phi) is 18.4. The highest BCUT2D eigenvalue weighted by Gasteiger charge is 2.79. The van der Waals surface area contributed by atoms with Crippen LogP contribution in [0, 0.1) is 0 Å². The van der Waals surface area contributed by atoms with Crippen molar-refractivity contribution in [1.82, 2.24) is 0 Å². The van der Waals surface area contributed by atoms with Crippen LogP contribution in [-0.2, 0) is 57.6 Å². The summed E-state index contributed by atoms with van der Waals surface area (Å²) < 4.78 is 117. The van der Waals surface area contributed by atoms with Gasteiger partial charge in [0.1, 0.15) is 10.5 Å². The van der Waals surface area contributed by atoms with Crippen molar-refractivity contribution in [1.29, 1.82) is 0 Å². The van der Waals surface area contributed by atoms with Gasteiger partial charge in [-0.15, -0.1) is 0 Å². The number of fused-ring (bicyclic) bond motifs is 6. The molecule has 10 aromatic carbocycles. The van der Waals surface area contributed by atoms with Crippen LogP contribution in [0.2, 0.25) is 23.1 Å². The molecule has 468 valence electrons. The van der Waals surface area contributed by atoms with Crippen molar-refractivity contribution in [2.75, 3.05) is 0 Å². The monoisotopic (exact) mass is 1460 g/mol. The van der Waals surface area contributed by atoms with Gasteiger partial charge in [-0.3, -0.25) is 0 Å². The first-order valence-corrected chi connectivity index (χ1v) is 50.1. The zero-order valence-electron chi connectivity index (χ0n) is 50.6. The van der Waals surface area contributed by atoms with Crippen LogP contribution in [0.25, 0.3) is 12.2 Å². The van der Waals surface area contributed by atoms with Crippen LogP contribution in [-0.4, -0.2) is 98.5 Å². The van der Waals surface area contributed by atoms with Gasteiger partial charge in [0.25, 0.3) is 0 Å². The summed E-state index contributed by atoms with van der Waals surface area (Å²) in [4.78, 5) is 0. The highest BCUT2D eigenvalue weighted by atomic mass is 35.5. The van der Waals surface area contributed by atoms with Crippen molar-refractivity contribution < 1.29 is 57.6 Å². The standard InChI is InChI=1S/C66H62Cl2O14Si11/c1-85(53-51-55-43-47-57(67)48-44-55)72-87(69-83,60-29-13-4-14-30-60)76-92(65-39-23-9-24-40-65)77-88(61-31-15-5-16-32-61)70-84(59-27-11-3-12-28-59)71-89(62-33-17-6-18-34-62)78-90(74-85,63-35-19-7-20-36-63)80-93(82-92,66-41-25-10-26-42-66)81-91(79-89,64-37-21-8-22-38-64)75-86(2,73-88)54-52-56-45-49-58(68)50-46-56/h3-54,84H,1-2,83H3/t84?,85?,86?,87?,88?,89?,90?,91?,92-,93+/m1/s1. The zero-order chi connectivity index (χ0) is 63.7. The van der Waals surface area contributed by atoms with Crippen LogP contribution in [0.1, 0.15) is 11.1 Å². The molecule has 6 bridgehead atoms. The van der Waals surface area contributed by atoms with Crippen molar-refractivity contribution in [3.63, 3.8) is 0 Å². The van der Waals surface area contributed by atoms with E-state index in [-0.39, 0.29) is 10.5 Å².